The number of halogens is 1. The molecular formula is C11H13FN2O. The maximum absolute atomic E-state index is 13.0. The summed E-state index contributed by atoms with van der Waals surface area (Å²) in [6.07, 6.45) is 0.776. The summed E-state index contributed by atoms with van der Waals surface area (Å²) in [5.41, 5.74) is 1.37. The van der Waals surface area contributed by atoms with Crippen molar-refractivity contribution < 1.29 is 9.18 Å². The zero-order chi connectivity index (χ0) is 10.8. The van der Waals surface area contributed by atoms with Gasteiger partial charge in [0.2, 0.25) is 0 Å². The molecule has 4 heteroatoms. The van der Waals surface area contributed by atoms with Crippen LogP contribution < -0.4 is 10.6 Å². The van der Waals surface area contributed by atoms with E-state index in [0.29, 0.717) is 5.56 Å². The standard InChI is InChI=1S/C11H13FN2O/c1-13-5-4-10-9-6-7(12)2-3-8(9)11(15)14-10/h2-3,6,10,13H,4-5H2,1H3,(H,14,15). The van der Waals surface area contributed by atoms with E-state index < -0.39 is 0 Å². The number of carbonyl (C=O) groups excluding carboxylic acids is 1. The van der Waals surface area contributed by atoms with Crippen LogP contribution in [-0.4, -0.2) is 19.5 Å². The van der Waals surface area contributed by atoms with Gasteiger partial charge in [0.15, 0.2) is 0 Å². The van der Waals surface area contributed by atoms with Crippen LogP contribution in [0.15, 0.2) is 18.2 Å². The van der Waals surface area contributed by atoms with E-state index in [2.05, 4.69) is 10.6 Å². The second kappa shape index (κ2) is 3.98. The number of fused-ring (bicyclic) bond motifs is 1. The van der Waals surface area contributed by atoms with Crippen LogP contribution >= 0.6 is 0 Å². The van der Waals surface area contributed by atoms with Gasteiger partial charge in [0.25, 0.3) is 5.91 Å². The van der Waals surface area contributed by atoms with Crippen LogP contribution in [0.3, 0.4) is 0 Å². The quantitative estimate of drug-likeness (QED) is 0.784. The third-order valence-corrected chi connectivity index (χ3v) is 2.62. The van der Waals surface area contributed by atoms with Gasteiger partial charge in [-0.3, -0.25) is 4.79 Å². The molecule has 0 aliphatic carbocycles. The number of benzene rings is 1. The minimum Gasteiger partial charge on any atom is -0.345 e. The average Bonchev–Trinajstić information content (AvgIpc) is 2.52. The predicted molar refractivity (Wildman–Crippen MR) is 55.2 cm³/mol. The Balaban J connectivity index is 2.27. The molecule has 2 rings (SSSR count). The van der Waals surface area contributed by atoms with Crippen LogP contribution in [-0.2, 0) is 0 Å². The Morgan fingerprint density at radius 1 is 1.53 bits per heavy atom. The van der Waals surface area contributed by atoms with Crippen molar-refractivity contribution in [1.29, 1.82) is 0 Å². The molecule has 1 aliphatic rings. The van der Waals surface area contributed by atoms with Gasteiger partial charge in [0.1, 0.15) is 5.82 Å². The van der Waals surface area contributed by atoms with Gasteiger partial charge in [0, 0.05) is 5.56 Å². The van der Waals surface area contributed by atoms with Crippen molar-refractivity contribution in [3.63, 3.8) is 0 Å². The second-order valence-corrected chi connectivity index (χ2v) is 3.65. The zero-order valence-electron chi connectivity index (χ0n) is 8.51. The molecule has 80 valence electrons. The van der Waals surface area contributed by atoms with Gasteiger partial charge in [0.05, 0.1) is 6.04 Å². The normalized spacial score (nSPS) is 18.8. The van der Waals surface area contributed by atoms with Crippen molar-refractivity contribution in [2.45, 2.75) is 12.5 Å². The molecule has 1 amide bonds. The van der Waals surface area contributed by atoms with E-state index in [4.69, 9.17) is 0 Å². The zero-order valence-corrected chi connectivity index (χ0v) is 8.51. The topological polar surface area (TPSA) is 41.1 Å². The lowest BCUT2D eigenvalue weighted by Gasteiger charge is -2.10. The molecule has 1 heterocycles. The summed E-state index contributed by atoms with van der Waals surface area (Å²) in [4.78, 5) is 11.5. The Morgan fingerprint density at radius 3 is 3.07 bits per heavy atom. The molecule has 1 aliphatic heterocycles. The molecular weight excluding hydrogens is 195 g/mol. The molecule has 3 nitrogen and oxygen atoms in total. The first-order valence-corrected chi connectivity index (χ1v) is 4.97. The Morgan fingerprint density at radius 2 is 2.33 bits per heavy atom. The lowest BCUT2D eigenvalue weighted by Crippen LogP contribution is -2.22. The molecule has 0 saturated carbocycles. The molecule has 0 radical (unpaired) electrons. The summed E-state index contributed by atoms with van der Waals surface area (Å²) in [6.45, 7) is 0.793. The number of carbonyl (C=O) groups is 1. The van der Waals surface area contributed by atoms with Crippen molar-refractivity contribution in [2.75, 3.05) is 13.6 Å². The van der Waals surface area contributed by atoms with Crippen molar-refractivity contribution in [3.8, 4) is 0 Å². The van der Waals surface area contributed by atoms with Gasteiger partial charge in [-0.15, -0.1) is 0 Å². The minimum atomic E-state index is -0.292. The summed E-state index contributed by atoms with van der Waals surface area (Å²) < 4.78 is 13.0. The molecule has 1 atom stereocenters. The first-order chi connectivity index (χ1) is 7.22. The van der Waals surface area contributed by atoms with Gasteiger partial charge in [-0.05, 0) is 43.8 Å². The second-order valence-electron chi connectivity index (χ2n) is 3.65. The summed E-state index contributed by atoms with van der Waals surface area (Å²) in [5, 5.41) is 5.85. The molecule has 0 aromatic heterocycles. The van der Waals surface area contributed by atoms with Crippen LogP contribution in [0.5, 0.6) is 0 Å². The fraction of sp³-hybridized carbons (Fsp3) is 0.364. The molecule has 0 saturated heterocycles. The predicted octanol–water partition coefficient (Wildman–Crippen LogP) is 1.22. The fourth-order valence-electron chi connectivity index (χ4n) is 1.86. The number of rotatable bonds is 3. The fourth-order valence-corrected chi connectivity index (χ4v) is 1.86. The van der Waals surface area contributed by atoms with Crippen LogP contribution in [0.2, 0.25) is 0 Å². The monoisotopic (exact) mass is 208 g/mol. The Bertz CT molecular complexity index is 392. The van der Waals surface area contributed by atoms with Crippen LogP contribution in [0.4, 0.5) is 4.39 Å². The van der Waals surface area contributed by atoms with Crippen LogP contribution in [0, 0.1) is 5.82 Å². The summed E-state index contributed by atoms with van der Waals surface area (Å²) in [6, 6.07) is 4.24. The number of nitrogens with one attached hydrogen (secondary N) is 2. The first-order valence-electron chi connectivity index (χ1n) is 4.97. The smallest absolute Gasteiger partial charge is 0.252 e. The van der Waals surface area contributed by atoms with Crippen molar-refractivity contribution in [3.05, 3.63) is 35.1 Å². The highest BCUT2D eigenvalue weighted by molar-refractivity contribution is 5.99. The van der Waals surface area contributed by atoms with Gasteiger partial charge in [-0.2, -0.15) is 0 Å². The summed E-state index contributed by atoms with van der Waals surface area (Å²) in [7, 11) is 1.85. The molecule has 1 unspecified atom stereocenters. The van der Waals surface area contributed by atoms with Crippen molar-refractivity contribution in [2.24, 2.45) is 0 Å². The van der Waals surface area contributed by atoms with Gasteiger partial charge in [-0.25, -0.2) is 4.39 Å². The maximum atomic E-state index is 13.0. The lowest BCUT2D eigenvalue weighted by molar-refractivity contribution is 0.0955. The van der Waals surface area contributed by atoms with Gasteiger partial charge >= 0.3 is 0 Å². The molecule has 0 spiro atoms. The highest BCUT2D eigenvalue weighted by atomic mass is 19.1. The molecule has 2 N–H and O–H groups in total. The Labute approximate surface area is 87.7 Å². The Kier molecular flexibility index (Phi) is 2.68. The third kappa shape index (κ3) is 1.85. The van der Waals surface area contributed by atoms with E-state index in [0.717, 1.165) is 18.5 Å². The minimum absolute atomic E-state index is 0.0596. The van der Waals surface area contributed by atoms with E-state index >= 15 is 0 Å². The highest BCUT2D eigenvalue weighted by Gasteiger charge is 2.27. The van der Waals surface area contributed by atoms with E-state index in [1.165, 1.54) is 12.1 Å². The van der Waals surface area contributed by atoms with Crippen molar-refractivity contribution in [1.82, 2.24) is 10.6 Å². The third-order valence-electron chi connectivity index (χ3n) is 2.62. The van der Waals surface area contributed by atoms with E-state index in [1.807, 2.05) is 7.05 Å². The Hall–Kier alpha value is -1.42. The lowest BCUT2D eigenvalue weighted by atomic mass is 10.0. The average molecular weight is 208 g/mol. The maximum Gasteiger partial charge on any atom is 0.252 e. The highest BCUT2D eigenvalue weighted by Crippen LogP contribution is 2.27. The molecule has 0 bridgehead atoms. The summed E-state index contributed by atoms with van der Waals surface area (Å²) in [5.74, 6) is -0.397. The van der Waals surface area contributed by atoms with E-state index in [9.17, 15) is 9.18 Å². The van der Waals surface area contributed by atoms with Gasteiger partial charge in [-0.1, -0.05) is 0 Å². The van der Waals surface area contributed by atoms with E-state index in [1.54, 1.807) is 6.07 Å². The molecule has 15 heavy (non-hydrogen) atoms. The molecule has 0 fully saturated rings. The number of hydrogen-bond donors (Lipinski definition) is 2. The SMILES string of the molecule is CNCCC1NC(=O)c2ccc(F)cc21. The largest absolute Gasteiger partial charge is 0.345 e. The number of hydrogen-bond acceptors (Lipinski definition) is 2. The summed E-state index contributed by atoms with van der Waals surface area (Å²) >= 11 is 0. The molecule has 1 aromatic carbocycles. The first kappa shape index (κ1) is 10.1. The van der Waals surface area contributed by atoms with Crippen LogP contribution in [0.25, 0.3) is 0 Å². The van der Waals surface area contributed by atoms with Crippen molar-refractivity contribution >= 4 is 5.91 Å². The molecule has 1 aromatic rings. The van der Waals surface area contributed by atoms with Crippen LogP contribution in [0.1, 0.15) is 28.4 Å². The van der Waals surface area contributed by atoms with E-state index in [-0.39, 0.29) is 17.8 Å². The number of amides is 1. The van der Waals surface area contributed by atoms with Gasteiger partial charge < -0.3 is 10.6 Å².